The van der Waals surface area contributed by atoms with E-state index in [1.54, 1.807) is 39.8 Å². The van der Waals surface area contributed by atoms with Crippen LogP contribution >= 0.6 is 0 Å². The van der Waals surface area contributed by atoms with Gasteiger partial charge < -0.3 is 16.2 Å². The van der Waals surface area contributed by atoms with Gasteiger partial charge in [0.15, 0.2) is 0 Å². The summed E-state index contributed by atoms with van der Waals surface area (Å²) in [6.45, 7) is 6.94. The molecule has 1 amide bonds. The van der Waals surface area contributed by atoms with Crippen LogP contribution in [0.4, 0.5) is 5.69 Å². The van der Waals surface area contributed by atoms with Crippen molar-refractivity contribution in [2.75, 3.05) is 5.73 Å². The second-order valence-electron chi connectivity index (χ2n) is 5.65. The van der Waals surface area contributed by atoms with Crippen LogP contribution in [0, 0.1) is 0 Å². The number of carbonyl (C=O) groups excluding carboxylic acids is 1. The minimum atomic E-state index is -0.988. The number of anilines is 1. The molecule has 4 heteroatoms. The van der Waals surface area contributed by atoms with Crippen LogP contribution < -0.4 is 11.1 Å². The Bertz CT molecular complexity index is 434. The third-order valence-electron chi connectivity index (χ3n) is 3.30. The molecule has 4 N–H and O–H groups in total. The summed E-state index contributed by atoms with van der Waals surface area (Å²) in [7, 11) is 0. The number of benzene rings is 1. The summed E-state index contributed by atoms with van der Waals surface area (Å²) in [5.41, 5.74) is 5.48. The van der Waals surface area contributed by atoms with Crippen LogP contribution in [0.2, 0.25) is 0 Å². The van der Waals surface area contributed by atoms with Gasteiger partial charge in [-0.2, -0.15) is 0 Å². The summed E-state index contributed by atoms with van der Waals surface area (Å²) in [5, 5.41) is 12.8. The molecule has 0 radical (unpaired) electrons. The van der Waals surface area contributed by atoms with Crippen molar-refractivity contribution in [2.45, 2.75) is 45.3 Å². The molecule has 0 unspecified atom stereocenters. The SMILES string of the molecule is CC(C)(O)C(C)(C)NC(=O)Cc1cccc(N)c1. The molecule has 1 aromatic rings. The van der Waals surface area contributed by atoms with Gasteiger partial charge in [0.2, 0.25) is 5.91 Å². The Morgan fingerprint density at radius 3 is 2.44 bits per heavy atom. The number of amides is 1. The van der Waals surface area contributed by atoms with Crippen LogP contribution in [0.5, 0.6) is 0 Å². The van der Waals surface area contributed by atoms with Gasteiger partial charge in [0.05, 0.1) is 17.6 Å². The van der Waals surface area contributed by atoms with Crippen LogP contribution in [-0.2, 0) is 11.2 Å². The van der Waals surface area contributed by atoms with E-state index in [1.807, 2.05) is 12.1 Å². The van der Waals surface area contributed by atoms with Gasteiger partial charge in [0, 0.05) is 5.69 Å². The number of hydrogen-bond donors (Lipinski definition) is 3. The van der Waals surface area contributed by atoms with Gasteiger partial charge in [0.25, 0.3) is 0 Å². The van der Waals surface area contributed by atoms with E-state index in [0.29, 0.717) is 5.69 Å². The van der Waals surface area contributed by atoms with Gasteiger partial charge in [-0.1, -0.05) is 12.1 Å². The highest BCUT2D eigenvalue weighted by Crippen LogP contribution is 2.20. The topological polar surface area (TPSA) is 75.3 Å². The van der Waals surface area contributed by atoms with Gasteiger partial charge in [0.1, 0.15) is 0 Å². The molecule has 0 fully saturated rings. The standard InChI is InChI=1S/C14H22N2O2/c1-13(2,14(3,4)18)16-12(17)9-10-6-5-7-11(15)8-10/h5-8,18H,9,15H2,1-4H3,(H,16,17). The van der Waals surface area contributed by atoms with Crippen molar-refractivity contribution in [3.05, 3.63) is 29.8 Å². The number of hydrogen-bond acceptors (Lipinski definition) is 3. The van der Waals surface area contributed by atoms with Gasteiger partial charge in [-0.05, 0) is 45.4 Å². The molecule has 18 heavy (non-hydrogen) atoms. The summed E-state index contributed by atoms with van der Waals surface area (Å²) >= 11 is 0. The predicted molar refractivity (Wildman–Crippen MR) is 73.1 cm³/mol. The van der Waals surface area contributed by atoms with E-state index in [1.165, 1.54) is 0 Å². The van der Waals surface area contributed by atoms with Crippen molar-refractivity contribution in [2.24, 2.45) is 0 Å². The fraction of sp³-hybridized carbons (Fsp3) is 0.500. The normalized spacial score (nSPS) is 12.3. The first-order valence-corrected chi connectivity index (χ1v) is 5.99. The van der Waals surface area contributed by atoms with Crippen molar-refractivity contribution in [3.8, 4) is 0 Å². The average molecular weight is 250 g/mol. The van der Waals surface area contributed by atoms with Crippen molar-refractivity contribution in [1.82, 2.24) is 5.32 Å². The van der Waals surface area contributed by atoms with Gasteiger partial charge in [-0.15, -0.1) is 0 Å². The fourth-order valence-corrected chi connectivity index (χ4v) is 1.43. The van der Waals surface area contributed by atoms with E-state index in [2.05, 4.69) is 5.32 Å². The van der Waals surface area contributed by atoms with Crippen molar-refractivity contribution < 1.29 is 9.90 Å². The lowest BCUT2D eigenvalue weighted by Crippen LogP contribution is -2.58. The number of nitrogen functional groups attached to an aromatic ring is 1. The lowest BCUT2D eigenvalue weighted by molar-refractivity contribution is -0.125. The quantitative estimate of drug-likeness (QED) is 0.708. The highest BCUT2D eigenvalue weighted by Gasteiger charge is 2.36. The molecule has 0 atom stereocenters. The molecule has 0 heterocycles. The molecule has 0 spiro atoms. The molecule has 0 saturated heterocycles. The Balaban J connectivity index is 2.68. The summed E-state index contributed by atoms with van der Waals surface area (Å²) in [6.07, 6.45) is 0.255. The molecule has 0 aliphatic rings. The number of nitrogens with two attached hydrogens (primary N) is 1. The summed E-state index contributed by atoms with van der Waals surface area (Å²) in [4.78, 5) is 11.9. The van der Waals surface area contributed by atoms with Crippen LogP contribution in [0.25, 0.3) is 0 Å². The number of aliphatic hydroxyl groups is 1. The number of carbonyl (C=O) groups is 1. The minimum Gasteiger partial charge on any atom is -0.399 e. The Labute approximate surface area is 108 Å². The third-order valence-corrected chi connectivity index (χ3v) is 3.30. The van der Waals surface area contributed by atoms with Crippen molar-refractivity contribution in [3.63, 3.8) is 0 Å². The van der Waals surface area contributed by atoms with E-state index in [0.717, 1.165) is 5.56 Å². The van der Waals surface area contributed by atoms with Crippen LogP contribution in [0.3, 0.4) is 0 Å². The minimum absolute atomic E-state index is 0.132. The maximum absolute atomic E-state index is 11.9. The second kappa shape index (κ2) is 4.98. The highest BCUT2D eigenvalue weighted by molar-refractivity contribution is 5.79. The third kappa shape index (κ3) is 3.74. The molecule has 1 rings (SSSR count). The maximum Gasteiger partial charge on any atom is 0.224 e. The molecule has 1 aromatic carbocycles. The van der Waals surface area contributed by atoms with Crippen LogP contribution in [0.1, 0.15) is 33.3 Å². The molecular formula is C14H22N2O2. The first kappa shape index (κ1) is 14.5. The highest BCUT2D eigenvalue weighted by atomic mass is 16.3. The summed E-state index contributed by atoms with van der Waals surface area (Å²) < 4.78 is 0. The monoisotopic (exact) mass is 250 g/mol. The fourth-order valence-electron chi connectivity index (χ4n) is 1.43. The molecule has 0 bridgehead atoms. The molecule has 0 saturated carbocycles. The first-order chi connectivity index (χ1) is 8.12. The molecular weight excluding hydrogens is 228 g/mol. The second-order valence-corrected chi connectivity index (χ2v) is 5.65. The Hall–Kier alpha value is -1.55. The van der Waals surface area contributed by atoms with E-state index in [4.69, 9.17) is 5.73 Å². The molecule has 0 aromatic heterocycles. The zero-order chi connectivity index (χ0) is 14.0. The van der Waals surface area contributed by atoms with Crippen LogP contribution in [0.15, 0.2) is 24.3 Å². The Morgan fingerprint density at radius 2 is 1.94 bits per heavy atom. The zero-order valence-electron chi connectivity index (χ0n) is 11.4. The number of nitrogens with one attached hydrogen (secondary N) is 1. The van der Waals surface area contributed by atoms with Gasteiger partial charge >= 0.3 is 0 Å². The number of rotatable bonds is 4. The van der Waals surface area contributed by atoms with Crippen LogP contribution in [-0.4, -0.2) is 22.2 Å². The van der Waals surface area contributed by atoms with Crippen molar-refractivity contribution >= 4 is 11.6 Å². The van der Waals surface area contributed by atoms with Gasteiger partial charge in [-0.3, -0.25) is 4.79 Å². The average Bonchev–Trinajstić information content (AvgIpc) is 2.14. The molecule has 0 aliphatic heterocycles. The Morgan fingerprint density at radius 1 is 1.33 bits per heavy atom. The molecule has 0 aliphatic carbocycles. The maximum atomic E-state index is 11.9. The van der Waals surface area contributed by atoms with E-state index < -0.39 is 11.1 Å². The van der Waals surface area contributed by atoms with E-state index >= 15 is 0 Å². The zero-order valence-corrected chi connectivity index (χ0v) is 11.4. The smallest absolute Gasteiger partial charge is 0.224 e. The predicted octanol–water partition coefficient (Wildman–Crippen LogP) is 1.48. The summed E-state index contributed by atoms with van der Waals surface area (Å²) in [5.74, 6) is -0.132. The first-order valence-electron chi connectivity index (χ1n) is 5.99. The lowest BCUT2D eigenvalue weighted by Gasteiger charge is -2.38. The Kier molecular flexibility index (Phi) is 4.02. The van der Waals surface area contributed by atoms with Gasteiger partial charge in [-0.25, -0.2) is 0 Å². The lowest BCUT2D eigenvalue weighted by atomic mass is 9.86. The summed E-state index contributed by atoms with van der Waals surface area (Å²) in [6, 6.07) is 7.23. The van der Waals surface area contributed by atoms with Crippen molar-refractivity contribution in [1.29, 1.82) is 0 Å². The largest absolute Gasteiger partial charge is 0.399 e. The molecule has 4 nitrogen and oxygen atoms in total. The van der Waals surface area contributed by atoms with E-state index in [9.17, 15) is 9.90 Å². The molecule has 100 valence electrons. The van der Waals surface area contributed by atoms with E-state index in [-0.39, 0.29) is 12.3 Å².